The number of likely N-dealkylation sites (tertiary alicyclic amines) is 1. The summed E-state index contributed by atoms with van der Waals surface area (Å²) in [5.74, 6) is -0.703. The van der Waals surface area contributed by atoms with Gasteiger partial charge in [0.15, 0.2) is 7.98 Å². The van der Waals surface area contributed by atoms with Crippen LogP contribution in [0.1, 0.15) is 24.8 Å². The molecule has 1 fully saturated rings. The highest BCUT2D eigenvalue weighted by Gasteiger charge is 2.42. The van der Waals surface area contributed by atoms with E-state index in [4.69, 9.17) is 9.47 Å². The van der Waals surface area contributed by atoms with E-state index in [-0.39, 0.29) is 25.1 Å². The Balaban J connectivity index is 1.95. The molecular formula is C20H28BN3O5. The Bertz CT molecular complexity index is 715. The number of esters is 1. The van der Waals surface area contributed by atoms with E-state index in [1.54, 1.807) is 19.0 Å². The molecule has 1 aliphatic heterocycles. The summed E-state index contributed by atoms with van der Waals surface area (Å²) >= 11 is 0. The van der Waals surface area contributed by atoms with E-state index in [1.807, 2.05) is 30.3 Å². The molecule has 3 atom stereocenters. The first-order valence-electron chi connectivity index (χ1n) is 9.64. The summed E-state index contributed by atoms with van der Waals surface area (Å²) in [5.41, 5.74) is 0.870. The maximum atomic E-state index is 13.1. The molecule has 29 heavy (non-hydrogen) atoms. The van der Waals surface area contributed by atoms with Crippen molar-refractivity contribution in [3.8, 4) is 0 Å². The Morgan fingerprint density at radius 2 is 2.03 bits per heavy atom. The minimum atomic E-state index is -0.697. The SMILES string of the molecule is BN[C@@H](CNC(=O)OCc1ccccc1)C(=O)N1C(CC=C)CC[C@H]1C(=O)OC. The maximum absolute atomic E-state index is 13.1. The average molecular weight is 401 g/mol. The number of alkyl carbamates (subject to hydrolysis) is 1. The summed E-state index contributed by atoms with van der Waals surface area (Å²) in [5, 5.41) is 5.51. The third kappa shape index (κ3) is 6.09. The van der Waals surface area contributed by atoms with Gasteiger partial charge in [0.25, 0.3) is 0 Å². The minimum Gasteiger partial charge on any atom is -0.467 e. The number of nitrogens with one attached hydrogen (secondary N) is 2. The maximum Gasteiger partial charge on any atom is 0.407 e. The molecule has 0 radical (unpaired) electrons. The molecule has 0 bridgehead atoms. The van der Waals surface area contributed by atoms with Crippen molar-refractivity contribution in [2.24, 2.45) is 0 Å². The van der Waals surface area contributed by atoms with Crippen LogP contribution < -0.4 is 10.5 Å². The molecule has 1 unspecified atom stereocenters. The monoisotopic (exact) mass is 401 g/mol. The smallest absolute Gasteiger partial charge is 0.407 e. The van der Waals surface area contributed by atoms with Crippen molar-refractivity contribution in [1.29, 1.82) is 0 Å². The highest BCUT2D eigenvalue weighted by atomic mass is 16.5. The van der Waals surface area contributed by atoms with Gasteiger partial charge in [-0.1, -0.05) is 36.4 Å². The van der Waals surface area contributed by atoms with E-state index < -0.39 is 24.1 Å². The van der Waals surface area contributed by atoms with Crippen LogP contribution >= 0.6 is 0 Å². The van der Waals surface area contributed by atoms with Crippen molar-refractivity contribution in [1.82, 2.24) is 15.4 Å². The van der Waals surface area contributed by atoms with Crippen LogP contribution in [0.5, 0.6) is 0 Å². The van der Waals surface area contributed by atoms with Gasteiger partial charge in [0.2, 0.25) is 5.91 Å². The van der Waals surface area contributed by atoms with E-state index in [1.165, 1.54) is 7.11 Å². The lowest BCUT2D eigenvalue weighted by molar-refractivity contribution is -0.152. The van der Waals surface area contributed by atoms with Crippen LogP contribution in [0.25, 0.3) is 0 Å². The van der Waals surface area contributed by atoms with E-state index in [2.05, 4.69) is 17.1 Å². The third-order valence-electron chi connectivity index (χ3n) is 4.98. The predicted molar refractivity (Wildman–Crippen MR) is 111 cm³/mol. The lowest BCUT2D eigenvalue weighted by atomic mass is 10.1. The molecule has 2 rings (SSSR count). The molecule has 1 aliphatic rings. The van der Waals surface area contributed by atoms with Crippen molar-refractivity contribution in [2.45, 2.75) is 44.0 Å². The molecule has 2 N–H and O–H groups in total. The Morgan fingerprint density at radius 1 is 1.31 bits per heavy atom. The first-order valence-corrected chi connectivity index (χ1v) is 9.64. The number of nitrogens with zero attached hydrogens (tertiary/aromatic N) is 1. The second-order valence-electron chi connectivity index (χ2n) is 6.82. The summed E-state index contributed by atoms with van der Waals surface area (Å²) in [6, 6.07) is 7.87. The van der Waals surface area contributed by atoms with Crippen molar-refractivity contribution < 1.29 is 23.9 Å². The predicted octanol–water partition coefficient (Wildman–Crippen LogP) is 0.528. The Labute approximate surface area is 172 Å². The van der Waals surface area contributed by atoms with Gasteiger partial charge in [-0.15, -0.1) is 6.58 Å². The molecule has 8 nitrogen and oxygen atoms in total. The van der Waals surface area contributed by atoms with Crippen LogP contribution in [0.15, 0.2) is 43.0 Å². The third-order valence-corrected chi connectivity index (χ3v) is 4.98. The molecule has 0 spiro atoms. The van der Waals surface area contributed by atoms with Crippen molar-refractivity contribution in [2.75, 3.05) is 13.7 Å². The van der Waals surface area contributed by atoms with Gasteiger partial charge in [0, 0.05) is 12.6 Å². The first kappa shape index (κ1) is 22.5. The summed E-state index contributed by atoms with van der Waals surface area (Å²) in [6.45, 7) is 3.91. The Morgan fingerprint density at radius 3 is 2.66 bits per heavy atom. The van der Waals surface area contributed by atoms with Crippen LogP contribution in [0, 0.1) is 0 Å². The lowest BCUT2D eigenvalue weighted by Gasteiger charge is -2.32. The number of amides is 2. The van der Waals surface area contributed by atoms with Crippen LogP contribution in [0.3, 0.4) is 0 Å². The van der Waals surface area contributed by atoms with Crippen LogP contribution in [-0.2, 0) is 25.7 Å². The number of ether oxygens (including phenoxy) is 2. The molecule has 2 amide bonds. The van der Waals surface area contributed by atoms with E-state index in [0.717, 1.165) is 5.56 Å². The molecule has 0 aromatic heterocycles. The van der Waals surface area contributed by atoms with E-state index in [0.29, 0.717) is 19.3 Å². The molecule has 9 heteroatoms. The highest BCUT2D eigenvalue weighted by Crippen LogP contribution is 2.28. The van der Waals surface area contributed by atoms with Gasteiger partial charge in [0.1, 0.15) is 12.6 Å². The standard InChI is InChI=1S/C20H28BN3O5/c1-3-7-15-10-11-17(19(26)28-2)24(15)18(25)16(23-21)12-22-20(27)29-13-14-8-5-4-6-9-14/h3-6,8-9,15-17,23H,1,7,10-13,21H2,2H3,(H,22,27)/t15?,16-,17-/m0/s1. The fourth-order valence-electron chi connectivity index (χ4n) is 3.46. The lowest BCUT2D eigenvalue weighted by Crippen LogP contribution is -2.56. The van der Waals surface area contributed by atoms with E-state index in [9.17, 15) is 14.4 Å². The number of rotatable bonds is 9. The number of hydrogen-bond donors (Lipinski definition) is 2. The average Bonchev–Trinajstić information content (AvgIpc) is 3.16. The van der Waals surface area contributed by atoms with Crippen LogP contribution in [0.4, 0.5) is 4.79 Å². The quantitative estimate of drug-likeness (QED) is 0.356. The fraction of sp³-hybridized carbons (Fsp3) is 0.450. The topological polar surface area (TPSA) is 97.0 Å². The van der Waals surface area contributed by atoms with Crippen molar-refractivity contribution in [3.63, 3.8) is 0 Å². The molecule has 1 heterocycles. The number of carbonyl (C=O) groups excluding carboxylic acids is 3. The largest absolute Gasteiger partial charge is 0.467 e. The highest BCUT2D eigenvalue weighted by molar-refractivity contribution is 6.07. The number of hydrogen-bond acceptors (Lipinski definition) is 6. The molecule has 0 aliphatic carbocycles. The zero-order chi connectivity index (χ0) is 21.2. The number of methoxy groups -OCH3 is 1. The zero-order valence-electron chi connectivity index (χ0n) is 16.9. The van der Waals surface area contributed by atoms with Crippen molar-refractivity contribution >= 4 is 26.0 Å². The van der Waals surface area contributed by atoms with Gasteiger partial charge in [-0.3, -0.25) is 4.79 Å². The van der Waals surface area contributed by atoms with Gasteiger partial charge in [-0.2, -0.15) is 0 Å². The van der Waals surface area contributed by atoms with Crippen molar-refractivity contribution in [3.05, 3.63) is 48.6 Å². The van der Waals surface area contributed by atoms with Crippen LogP contribution in [0.2, 0.25) is 0 Å². The van der Waals surface area contributed by atoms with Gasteiger partial charge in [-0.05, 0) is 24.8 Å². The number of carbonyl (C=O) groups is 3. The molecule has 1 aromatic carbocycles. The summed E-state index contributed by atoms with van der Waals surface area (Å²) in [7, 11) is 2.94. The zero-order valence-corrected chi connectivity index (χ0v) is 16.9. The summed E-state index contributed by atoms with van der Waals surface area (Å²) in [4.78, 5) is 38.8. The first-order chi connectivity index (χ1) is 14.0. The normalized spacial score (nSPS) is 19.3. The second-order valence-corrected chi connectivity index (χ2v) is 6.82. The van der Waals surface area contributed by atoms with Crippen LogP contribution in [-0.4, -0.2) is 62.6 Å². The molecular weight excluding hydrogens is 373 g/mol. The Kier molecular flexibility index (Phi) is 8.73. The van der Waals surface area contributed by atoms with E-state index >= 15 is 0 Å². The molecule has 0 saturated carbocycles. The Hall–Kier alpha value is -2.81. The minimum absolute atomic E-state index is 0.0359. The summed E-state index contributed by atoms with van der Waals surface area (Å²) < 4.78 is 10.0. The summed E-state index contributed by atoms with van der Waals surface area (Å²) in [6.07, 6.45) is 2.94. The second kappa shape index (κ2) is 11.3. The van der Waals surface area contributed by atoms with Gasteiger partial charge in [-0.25, -0.2) is 9.59 Å². The van der Waals surface area contributed by atoms with Gasteiger partial charge in [0.05, 0.1) is 13.2 Å². The molecule has 1 aromatic rings. The van der Waals surface area contributed by atoms with Gasteiger partial charge < -0.3 is 24.9 Å². The van der Waals surface area contributed by atoms with Gasteiger partial charge >= 0.3 is 12.1 Å². The number of benzene rings is 1. The molecule has 1 saturated heterocycles. The molecule has 156 valence electrons. The fourth-order valence-corrected chi connectivity index (χ4v) is 3.46.